The lowest BCUT2D eigenvalue weighted by Gasteiger charge is -2.06. The maximum Gasteiger partial charge on any atom is 0.435 e. The maximum absolute atomic E-state index is 11.1. The second-order valence-corrected chi connectivity index (χ2v) is 3.73. The number of nitro benzene ring substituents is 1. The minimum absolute atomic E-state index is 0.00293. The summed E-state index contributed by atoms with van der Waals surface area (Å²) >= 11 is 0. The second kappa shape index (κ2) is 5.76. The van der Waals surface area contributed by atoms with Gasteiger partial charge in [0.25, 0.3) is 5.69 Å². The van der Waals surface area contributed by atoms with E-state index < -0.39 is 11.0 Å². The summed E-state index contributed by atoms with van der Waals surface area (Å²) in [6.45, 7) is 1.64. The summed E-state index contributed by atoms with van der Waals surface area (Å²) in [5.74, 6) is 0. The fourth-order valence-electron chi connectivity index (χ4n) is 1.07. The Kier molecular flexibility index (Phi) is 4.36. The molecule has 0 aromatic heterocycles. The zero-order valence-corrected chi connectivity index (χ0v) is 10.3. The van der Waals surface area contributed by atoms with Crippen LogP contribution in [0.1, 0.15) is 12.5 Å². The molecule has 0 aliphatic rings. The third-order valence-corrected chi connectivity index (χ3v) is 2.12. The van der Waals surface area contributed by atoms with E-state index in [2.05, 4.69) is 9.99 Å². The van der Waals surface area contributed by atoms with Crippen molar-refractivity contribution < 1.29 is 14.6 Å². The van der Waals surface area contributed by atoms with Gasteiger partial charge in [0.2, 0.25) is 0 Å². The third kappa shape index (κ3) is 3.55. The first kappa shape index (κ1) is 13.6. The Labute approximate surface area is 104 Å². The molecule has 0 saturated carbocycles. The summed E-state index contributed by atoms with van der Waals surface area (Å²) in [7, 11) is 3.08. The van der Waals surface area contributed by atoms with E-state index >= 15 is 0 Å². The van der Waals surface area contributed by atoms with Gasteiger partial charge >= 0.3 is 6.09 Å². The monoisotopic (exact) mass is 251 g/mol. The summed E-state index contributed by atoms with van der Waals surface area (Å²) < 4.78 is 0. The van der Waals surface area contributed by atoms with E-state index in [1.54, 1.807) is 33.2 Å². The molecular weight excluding hydrogens is 238 g/mol. The molecule has 0 spiro atoms. The van der Waals surface area contributed by atoms with Gasteiger partial charge in [-0.3, -0.25) is 15.0 Å². The largest absolute Gasteiger partial charge is 0.435 e. The van der Waals surface area contributed by atoms with Crippen LogP contribution < -0.4 is 0 Å². The molecule has 1 aromatic carbocycles. The van der Waals surface area contributed by atoms with E-state index in [0.29, 0.717) is 11.3 Å². The van der Waals surface area contributed by atoms with Crippen molar-refractivity contribution in [1.82, 2.24) is 4.90 Å². The highest BCUT2D eigenvalue weighted by Crippen LogP contribution is 2.12. The van der Waals surface area contributed by atoms with E-state index in [4.69, 9.17) is 0 Å². The highest BCUT2D eigenvalue weighted by Gasteiger charge is 2.07. The first-order valence-electron chi connectivity index (χ1n) is 5.09. The van der Waals surface area contributed by atoms with Crippen LogP contribution >= 0.6 is 0 Å². The summed E-state index contributed by atoms with van der Waals surface area (Å²) in [5, 5.41) is 14.1. The van der Waals surface area contributed by atoms with Gasteiger partial charge in [0.1, 0.15) is 0 Å². The molecule has 0 atom stereocenters. The highest BCUT2D eigenvalue weighted by atomic mass is 16.7. The Morgan fingerprint density at radius 1 is 1.33 bits per heavy atom. The minimum Gasteiger partial charge on any atom is -0.312 e. The van der Waals surface area contributed by atoms with Crippen molar-refractivity contribution in [3.63, 3.8) is 0 Å². The fourth-order valence-corrected chi connectivity index (χ4v) is 1.07. The Morgan fingerprint density at radius 3 is 2.33 bits per heavy atom. The summed E-state index contributed by atoms with van der Waals surface area (Å²) in [5.41, 5.74) is 1.10. The SMILES string of the molecule is C/C(=N\OC(=O)N(C)C)c1ccc([N+](=O)[O-])cc1. The molecule has 0 fully saturated rings. The van der Waals surface area contributed by atoms with Crippen LogP contribution in [0.4, 0.5) is 10.5 Å². The number of non-ortho nitro benzene ring substituents is 1. The van der Waals surface area contributed by atoms with Gasteiger partial charge in [0.05, 0.1) is 10.6 Å². The zero-order chi connectivity index (χ0) is 13.7. The second-order valence-electron chi connectivity index (χ2n) is 3.73. The number of nitro groups is 1. The molecule has 18 heavy (non-hydrogen) atoms. The minimum atomic E-state index is -0.587. The lowest BCUT2D eigenvalue weighted by atomic mass is 10.1. The van der Waals surface area contributed by atoms with Crippen molar-refractivity contribution in [3.8, 4) is 0 Å². The van der Waals surface area contributed by atoms with Crippen LogP contribution in [0.3, 0.4) is 0 Å². The summed E-state index contributed by atoms with van der Waals surface area (Å²) in [4.78, 5) is 27.0. The van der Waals surface area contributed by atoms with Crippen LogP contribution in [-0.4, -0.2) is 35.7 Å². The maximum atomic E-state index is 11.1. The standard InChI is InChI=1S/C11H13N3O4/c1-8(12-18-11(15)13(2)3)9-4-6-10(7-5-9)14(16)17/h4-7H,1-3H3/b12-8+. The molecule has 1 aromatic rings. The van der Waals surface area contributed by atoms with Gasteiger partial charge in [0, 0.05) is 26.2 Å². The van der Waals surface area contributed by atoms with Crippen molar-refractivity contribution in [3.05, 3.63) is 39.9 Å². The Morgan fingerprint density at radius 2 is 1.89 bits per heavy atom. The molecule has 0 aliphatic carbocycles. The number of nitrogens with zero attached hydrogens (tertiary/aromatic N) is 3. The molecule has 0 unspecified atom stereocenters. The molecule has 0 aliphatic heterocycles. The Bertz CT molecular complexity index is 480. The number of benzene rings is 1. The van der Waals surface area contributed by atoms with E-state index in [-0.39, 0.29) is 5.69 Å². The van der Waals surface area contributed by atoms with Crippen LogP contribution in [0.15, 0.2) is 29.4 Å². The predicted molar refractivity (Wildman–Crippen MR) is 65.5 cm³/mol. The third-order valence-electron chi connectivity index (χ3n) is 2.12. The zero-order valence-electron chi connectivity index (χ0n) is 10.3. The molecule has 0 radical (unpaired) electrons. The summed E-state index contributed by atoms with van der Waals surface area (Å²) in [6, 6.07) is 5.81. The fraction of sp³-hybridized carbons (Fsp3) is 0.273. The van der Waals surface area contributed by atoms with Crippen molar-refractivity contribution in [2.24, 2.45) is 5.16 Å². The van der Waals surface area contributed by atoms with Gasteiger partial charge in [-0.25, -0.2) is 4.79 Å². The Balaban J connectivity index is 2.78. The average molecular weight is 251 g/mol. The summed E-state index contributed by atoms with van der Waals surface area (Å²) in [6.07, 6.45) is -0.587. The van der Waals surface area contributed by atoms with Crippen molar-refractivity contribution in [2.75, 3.05) is 14.1 Å². The predicted octanol–water partition coefficient (Wildman–Crippen LogP) is 2.02. The number of carbonyl (C=O) groups excluding carboxylic acids is 1. The smallest absolute Gasteiger partial charge is 0.312 e. The van der Waals surface area contributed by atoms with Crippen molar-refractivity contribution in [1.29, 1.82) is 0 Å². The van der Waals surface area contributed by atoms with Crippen molar-refractivity contribution in [2.45, 2.75) is 6.92 Å². The molecule has 0 heterocycles. The lowest BCUT2D eigenvalue weighted by Crippen LogP contribution is -2.21. The molecule has 7 nitrogen and oxygen atoms in total. The molecule has 1 rings (SSSR count). The van der Waals surface area contributed by atoms with Gasteiger partial charge in [-0.15, -0.1) is 0 Å². The number of amides is 1. The molecule has 0 saturated heterocycles. The van der Waals surface area contributed by atoms with Gasteiger partial charge < -0.3 is 4.90 Å². The molecule has 1 amide bonds. The number of oxime groups is 1. The normalized spacial score (nSPS) is 10.9. The molecule has 0 N–H and O–H groups in total. The number of carbonyl (C=O) groups is 1. The highest BCUT2D eigenvalue weighted by molar-refractivity contribution is 5.98. The van der Waals surface area contributed by atoms with Crippen LogP contribution in [0.25, 0.3) is 0 Å². The van der Waals surface area contributed by atoms with E-state index in [9.17, 15) is 14.9 Å². The first-order chi connectivity index (χ1) is 8.41. The molecular formula is C11H13N3O4. The van der Waals surface area contributed by atoms with Crippen molar-refractivity contribution >= 4 is 17.5 Å². The van der Waals surface area contributed by atoms with E-state index in [0.717, 1.165) is 0 Å². The lowest BCUT2D eigenvalue weighted by molar-refractivity contribution is -0.384. The van der Waals surface area contributed by atoms with Crippen LogP contribution in [0.2, 0.25) is 0 Å². The van der Waals surface area contributed by atoms with Crippen LogP contribution in [0.5, 0.6) is 0 Å². The van der Waals surface area contributed by atoms with Gasteiger partial charge in [-0.2, -0.15) is 0 Å². The average Bonchev–Trinajstić information content (AvgIpc) is 2.35. The molecule has 96 valence electrons. The van der Waals surface area contributed by atoms with Gasteiger partial charge in [0.15, 0.2) is 0 Å². The van der Waals surface area contributed by atoms with Gasteiger partial charge in [-0.1, -0.05) is 5.16 Å². The number of hydrogen-bond acceptors (Lipinski definition) is 5. The van der Waals surface area contributed by atoms with Gasteiger partial charge in [-0.05, 0) is 24.6 Å². The number of rotatable bonds is 3. The number of hydrogen-bond donors (Lipinski definition) is 0. The Hall–Kier alpha value is -2.44. The first-order valence-corrected chi connectivity index (χ1v) is 5.09. The van der Waals surface area contributed by atoms with Crippen LogP contribution in [0, 0.1) is 10.1 Å². The van der Waals surface area contributed by atoms with Crippen LogP contribution in [-0.2, 0) is 4.84 Å². The molecule has 7 heteroatoms. The van der Waals surface area contributed by atoms with E-state index in [1.165, 1.54) is 17.0 Å². The quantitative estimate of drug-likeness (QED) is 0.356. The topological polar surface area (TPSA) is 85.0 Å². The van der Waals surface area contributed by atoms with E-state index in [1.807, 2.05) is 0 Å². The molecule has 0 bridgehead atoms.